The quantitative estimate of drug-likeness (QED) is 0.860. The number of rotatable bonds is 6. The zero-order valence-electron chi connectivity index (χ0n) is 10.9. The molecule has 1 amide bonds. The largest absolute Gasteiger partial charge is 0.350 e. The molecule has 3 N–H and O–H groups in total. The van der Waals surface area contributed by atoms with Gasteiger partial charge in [-0.15, -0.1) is 11.3 Å². The molecule has 0 fully saturated rings. The molecule has 0 atom stereocenters. The number of amides is 1. The third-order valence-electron chi connectivity index (χ3n) is 2.78. The third kappa shape index (κ3) is 4.03. The van der Waals surface area contributed by atoms with Crippen molar-refractivity contribution in [3.8, 4) is 0 Å². The van der Waals surface area contributed by atoms with Crippen LogP contribution in [0, 0.1) is 0 Å². The number of halogens is 1. The van der Waals surface area contributed by atoms with Crippen LogP contribution in [0.2, 0.25) is 5.02 Å². The van der Waals surface area contributed by atoms with Crippen molar-refractivity contribution in [2.24, 2.45) is 5.73 Å². The SMILES string of the molecule is NCCc1nc(C(=O)NCCc2ccccc2Cl)cs1. The van der Waals surface area contributed by atoms with Crippen LogP contribution in [0.25, 0.3) is 0 Å². The second-order valence-corrected chi connectivity index (χ2v) is 5.61. The summed E-state index contributed by atoms with van der Waals surface area (Å²) in [7, 11) is 0. The summed E-state index contributed by atoms with van der Waals surface area (Å²) < 4.78 is 0. The molecule has 0 aliphatic heterocycles. The average Bonchev–Trinajstić information content (AvgIpc) is 2.90. The number of hydrogen-bond acceptors (Lipinski definition) is 4. The van der Waals surface area contributed by atoms with E-state index in [1.807, 2.05) is 24.3 Å². The molecular weight excluding hydrogens is 294 g/mol. The van der Waals surface area contributed by atoms with Gasteiger partial charge in [-0.3, -0.25) is 4.79 Å². The van der Waals surface area contributed by atoms with Crippen LogP contribution in [-0.2, 0) is 12.8 Å². The Morgan fingerprint density at radius 1 is 1.35 bits per heavy atom. The van der Waals surface area contributed by atoms with Gasteiger partial charge in [-0.2, -0.15) is 0 Å². The summed E-state index contributed by atoms with van der Waals surface area (Å²) in [6, 6.07) is 7.62. The molecule has 1 heterocycles. The lowest BCUT2D eigenvalue weighted by Gasteiger charge is -2.05. The van der Waals surface area contributed by atoms with Gasteiger partial charge in [-0.1, -0.05) is 29.8 Å². The molecule has 0 bridgehead atoms. The summed E-state index contributed by atoms with van der Waals surface area (Å²) in [5.41, 5.74) is 6.94. The lowest BCUT2D eigenvalue weighted by molar-refractivity contribution is 0.0949. The molecule has 0 radical (unpaired) electrons. The van der Waals surface area contributed by atoms with Crippen LogP contribution in [-0.4, -0.2) is 24.0 Å². The van der Waals surface area contributed by atoms with E-state index in [4.69, 9.17) is 17.3 Å². The highest BCUT2D eigenvalue weighted by atomic mass is 35.5. The van der Waals surface area contributed by atoms with E-state index >= 15 is 0 Å². The zero-order valence-corrected chi connectivity index (χ0v) is 12.5. The van der Waals surface area contributed by atoms with Crippen LogP contribution in [0.1, 0.15) is 21.1 Å². The molecule has 2 rings (SSSR count). The first kappa shape index (κ1) is 15.0. The van der Waals surface area contributed by atoms with Gasteiger partial charge in [0.1, 0.15) is 5.69 Å². The first-order chi connectivity index (χ1) is 9.70. The van der Waals surface area contributed by atoms with Crippen LogP contribution < -0.4 is 11.1 Å². The van der Waals surface area contributed by atoms with Crippen molar-refractivity contribution in [1.82, 2.24) is 10.3 Å². The Morgan fingerprint density at radius 3 is 2.90 bits per heavy atom. The van der Waals surface area contributed by atoms with Crippen LogP contribution in [0.4, 0.5) is 0 Å². The van der Waals surface area contributed by atoms with Crippen molar-refractivity contribution in [2.45, 2.75) is 12.8 Å². The van der Waals surface area contributed by atoms with Gasteiger partial charge in [0, 0.05) is 23.4 Å². The van der Waals surface area contributed by atoms with Crippen molar-refractivity contribution in [3.63, 3.8) is 0 Å². The molecule has 0 unspecified atom stereocenters. The highest BCUT2D eigenvalue weighted by Crippen LogP contribution is 2.15. The van der Waals surface area contributed by atoms with E-state index in [9.17, 15) is 4.79 Å². The van der Waals surface area contributed by atoms with Crippen molar-refractivity contribution < 1.29 is 4.79 Å². The third-order valence-corrected chi connectivity index (χ3v) is 4.06. The molecule has 0 aliphatic carbocycles. The zero-order chi connectivity index (χ0) is 14.4. The number of carbonyl (C=O) groups excluding carboxylic acids is 1. The van der Waals surface area contributed by atoms with Gasteiger partial charge in [0.25, 0.3) is 5.91 Å². The normalized spacial score (nSPS) is 10.5. The van der Waals surface area contributed by atoms with Crippen molar-refractivity contribution >= 4 is 28.8 Å². The van der Waals surface area contributed by atoms with Crippen LogP contribution in [0.3, 0.4) is 0 Å². The van der Waals surface area contributed by atoms with Gasteiger partial charge in [-0.25, -0.2) is 4.98 Å². The minimum absolute atomic E-state index is 0.156. The highest BCUT2D eigenvalue weighted by Gasteiger charge is 2.10. The van der Waals surface area contributed by atoms with E-state index in [0.717, 1.165) is 15.6 Å². The molecule has 4 nitrogen and oxygen atoms in total. The summed E-state index contributed by atoms with van der Waals surface area (Å²) in [6.07, 6.45) is 1.41. The fourth-order valence-corrected chi connectivity index (χ4v) is 2.78. The lowest BCUT2D eigenvalue weighted by Crippen LogP contribution is -2.26. The molecule has 0 aliphatic rings. The molecule has 1 aromatic heterocycles. The average molecular weight is 310 g/mol. The smallest absolute Gasteiger partial charge is 0.270 e. The Labute approximate surface area is 127 Å². The first-order valence-electron chi connectivity index (χ1n) is 6.37. The predicted molar refractivity (Wildman–Crippen MR) is 82.4 cm³/mol. The van der Waals surface area contributed by atoms with Crippen molar-refractivity contribution in [2.75, 3.05) is 13.1 Å². The second-order valence-electron chi connectivity index (χ2n) is 4.26. The second kappa shape index (κ2) is 7.38. The Balaban J connectivity index is 1.84. The molecule has 0 saturated heterocycles. The Bertz CT molecular complexity index is 585. The van der Waals surface area contributed by atoms with Gasteiger partial charge in [-0.05, 0) is 24.6 Å². The van der Waals surface area contributed by atoms with Gasteiger partial charge >= 0.3 is 0 Å². The molecule has 2 aromatic rings. The van der Waals surface area contributed by atoms with E-state index in [1.54, 1.807) is 5.38 Å². The first-order valence-corrected chi connectivity index (χ1v) is 7.62. The van der Waals surface area contributed by atoms with E-state index in [-0.39, 0.29) is 5.91 Å². The molecule has 6 heteroatoms. The number of nitrogens with one attached hydrogen (secondary N) is 1. The molecule has 1 aromatic carbocycles. The maximum atomic E-state index is 11.9. The van der Waals surface area contributed by atoms with Crippen LogP contribution in [0.5, 0.6) is 0 Å². The number of aromatic nitrogens is 1. The number of carbonyl (C=O) groups is 1. The van der Waals surface area contributed by atoms with E-state index in [0.29, 0.717) is 31.6 Å². The van der Waals surface area contributed by atoms with Gasteiger partial charge in [0.2, 0.25) is 0 Å². The number of thiazole rings is 1. The maximum Gasteiger partial charge on any atom is 0.270 e. The molecular formula is C14H16ClN3OS. The summed E-state index contributed by atoms with van der Waals surface area (Å²) >= 11 is 7.52. The summed E-state index contributed by atoms with van der Waals surface area (Å²) in [6.45, 7) is 1.08. The van der Waals surface area contributed by atoms with E-state index in [1.165, 1.54) is 11.3 Å². The fraction of sp³-hybridized carbons (Fsp3) is 0.286. The van der Waals surface area contributed by atoms with Gasteiger partial charge in [0.05, 0.1) is 5.01 Å². The summed E-state index contributed by atoms with van der Waals surface area (Å²) in [5, 5.41) is 6.22. The van der Waals surface area contributed by atoms with E-state index < -0.39 is 0 Å². The van der Waals surface area contributed by atoms with Crippen molar-refractivity contribution in [1.29, 1.82) is 0 Å². The van der Waals surface area contributed by atoms with Crippen molar-refractivity contribution in [3.05, 3.63) is 50.9 Å². The Hall–Kier alpha value is -1.43. The standard InChI is InChI=1S/C14H16ClN3OS/c15-11-4-2-1-3-10(11)6-8-17-14(19)12-9-20-13(18-12)5-7-16/h1-4,9H,5-8,16H2,(H,17,19). The van der Waals surface area contributed by atoms with Gasteiger partial charge < -0.3 is 11.1 Å². The summed E-state index contributed by atoms with van der Waals surface area (Å²) in [4.78, 5) is 16.1. The maximum absolute atomic E-state index is 11.9. The topological polar surface area (TPSA) is 68.0 Å². The summed E-state index contributed by atoms with van der Waals surface area (Å²) in [5.74, 6) is -0.156. The number of nitrogens with zero attached hydrogens (tertiary/aromatic N) is 1. The minimum atomic E-state index is -0.156. The molecule has 106 valence electrons. The lowest BCUT2D eigenvalue weighted by atomic mass is 10.1. The monoisotopic (exact) mass is 309 g/mol. The van der Waals surface area contributed by atoms with E-state index in [2.05, 4.69) is 10.3 Å². The Kier molecular flexibility index (Phi) is 5.52. The van der Waals surface area contributed by atoms with Crippen LogP contribution >= 0.6 is 22.9 Å². The highest BCUT2D eigenvalue weighted by molar-refractivity contribution is 7.09. The predicted octanol–water partition coefficient (Wildman–Crippen LogP) is 2.27. The fourth-order valence-electron chi connectivity index (χ4n) is 1.76. The van der Waals surface area contributed by atoms with Crippen LogP contribution in [0.15, 0.2) is 29.6 Å². The minimum Gasteiger partial charge on any atom is -0.350 e. The molecule has 20 heavy (non-hydrogen) atoms. The number of hydrogen-bond donors (Lipinski definition) is 2. The number of benzene rings is 1. The number of nitrogens with two attached hydrogens (primary N) is 1. The molecule has 0 saturated carbocycles. The molecule has 0 spiro atoms. The van der Waals surface area contributed by atoms with Gasteiger partial charge in [0.15, 0.2) is 0 Å². The Morgan fingerprint density at radius 2 is 2.15 bits per heavy atom.